The van der Waals surface area contributed by atoms with Gasteiger partial charge in [0.15, 0.2) is 0 Å². The standard InChI is InChI=1S/C10H16N4OS/c1-6(11)3-12-10-13-8-5-16-4-7(8)9(14-10)15-2/h6H,3-5,11H2,1-2H3,(H,12,13,14). The molecular formula is C10H16N4OS. The zero-order valence-corrected chi connectivity index (χ0v) is 10.3. The Bertz CT molecular complexity index is 383. The van der Waals surface area contributed by atoms with E-state index in [0.717, 1.165) is 22.8 Å². The van der Waals surface area contributed by atoms with Gasteiger partial charge in [-0.05, 0) is 6.92 Å². The van der Waals surface area contributed by atoms with E-state index in [9.17, 15) is 0 Å². The van der Waals surface area contributed by atoms with Gasteiger partial charge in [-0.15, -0.1) is 0 Å². The molecule has 0 aliphatic carbocycles. The first-order valence-electron chi connectivity index (χ1n) is 5.21. The van der Waals surface area contributed by atoms with E-state index in [1.165, 1.54) is 0 Å². The molecule has 0 saturated heterocycles. The lowest BCUT2D eigenvalue weighted by Gasteiger charge is -2.11. The van der Waals surface area contributed by atoms with Gasteiger partial charge in [0.05, 0.1) is 12.8 Å². The quantitative estimate of drug-likeness (QED) is 0.817. The first-order chi connectivity index (χ1) is 7.70. The van der Waals surface area contributed by atoms with Gasteiger partial charge >= 0.3 is 0 Å². The highest BCUT2D eigenvalue weighted by molar-refractivity contribution is 7.98. The van der Waals surface area contributed by atoms with Crippen LogP contribution < -0.4 is 15.8 Å². The lowest BCUT2D eigenvalue weighted by atomic mass is 10.2. The summed E-state index contributed by atoms with van der Waals surface area (Å²) in [5, 5.41) is 3.11. The fourth-order valence-electron chi connectivity index (χ4n) is 1.52. The molecular weight excluding hydrogens is 224 g/mol. The molecule has 2 rings (SSSR count). The summed E-state index contributed by atoms with van der Waals surface area (Å²) in [6, 6.07) is 0.0808. The molecule has 0 radical (unpaired) electrons. The average molecular weight is 240 g/mol. The van der Waals surface area contributed by atoms with Crippen LogP contribution in [0.4, 0.5) is 5.95 Å². The van der Waals surface area contributed by atoms with Gasteiger partial charge in [0.2, 0.25) is 11.8 Å². The van der Waals surface area contributed by atoms with Crippen molar-refractivity contribution >= 4 is 17.7 Å². The van der Waals surface area contributed by atoms with E-state index in [1.54, 1.807) is 7.11 Å². The van der Waals surface area contributed by atoms with E-state index in [2.05, 4.69) is 15.3 Å². The Labute approximate surface area is 99.2 Å². The third kappa shape index (κ3) is 2.38. The maximum Gasteiger partial charge on any atom is 0.226 e. The first kappa shape index (κ1) is 11.5. The summed E-state index contributed by atoms with van der Waals surface area (Å²) in [5.74, 6) is 3.16. The predicted molar refractivity (Wildman–Crippen MR) is 65.7 cm³/mol. The third-order valence-electron chi connectivity index (χ3n) is 2.32. The van der Waals surface area contributed by atoms with Gasteiger partial charge < -0.3 is 15.8 Å². The molecule has 0 bridgehead atoms. The number of fused-ring (bicyclic) bond motifs is 1. The predicted octanol–water partition coefficient (Wildman–Crippen LogP) is 0.991. The Morgan fingerprint density at radius 2 is 2.31 bits per heavy atom. The number of nitrogens with one attached hydrogen (secondary N) is 1. The van der Waals surface area contributed by atoms with Crippen molar-refractivity contribution in [3.63, 3.8) is 0 Å². The fraction of sp³-hybridized carbons (Fsp3) is 0.600. The monoisotopic (exact) mass is 240 g/mol. The second kappa shape index (κ2) is 4.88. The minimum atomic E-state index is 0.0808. The van der Waals surface area contributed by atoms with Crippen LogP contribution in [0.25, 0.3) is 0 Å². The summed E-state index contributed by atoms with van der Waals surface area (Å²) in [6.07, 6.45) is 0. The van der Waals surface area contributed by atoms with E-state index >= 15 is 0 Å². The van der Waals surface area contributed by atoms with Crippen LogP contribution in [0.2, 0.25) is 0 Å². The Balaban J connectivity index is 2.20. The molecule has 2 heterocycles. The summed E-state index contributed by atoms with van der Waals surface area (Å²) in [6.45, 7) is 2.60. The minimum absolute atomic E-state index is 0.0808. The minimum Gasteiger partial charge on any atom is -0.481 e. The molecule has 1 aromatic rings. The van der Waals surface area contributed by atoms with Crippen molar-refractivity contribution in [3.05, 3.63) is 11.3 Å². The van der Waals surface area contributed by atoms with Crippen molar-refractivity contribution in [2.75, 3.05) is 19.0 Å². The Kier molecular flexibility index (Phi) is 3.50. The van der Waals surface area contributed by atoms with Crippen LogP contribution in [0, 0.1) is 0 Å². The Hall–Kier alpha value is -1.01. The third-order valence-corrected chi connectivity index (χ3v) is 3.29. The molecule has 5 nitrogen and oxygen atoms in total. The van der Waals surface area contributed by atoms with Crippen LogP contribution in [0.5, 0.6) is 5.88 Å². The zero-order valence-electron chi connectivity index (χ0n) is 9.49. The van der Waals surface area contributed by atoms with E-state index in [0.29, 0.717) is 18.4 Å². The number of methoxy groups -OCH3 is 1. The number of hydrogen-bond acceptors (Lipinski definition) is 6. The van der Waals surface area contributed by atoms with Crippen molar-refractivity contribution < 1.29 is 4.74 Å². The highest BCUT2D eigenvalue weighted by Gasteiger charge is 2.20. The van der Waals surface area contributed by atoms with E-state index in [1.807, 2.05) is 18.7 Å². The normalized spacial score (nSPS) is 15.7. The second-order valence-corrected chi connectivity index (χ2v) is 4.82. The average Bonchev–Trinajstić information content (AvgIpc) is 2.73. The van der Waals surface area contributed by atoms with Gasteiger partial charge in [0, 0.05) is 29.7 Å². The lowest BCUT2D eigenvalue weighted by molar-refractivity contribution is 0.393. The SMILES string of the molecule is COc1nc(NCC(C)N)nc2c1CSC2. The van der Waals surface area contributed by atoms with Crippen molar-refractivity contribution in [3.8, 4) is 5.88 Å². The molecule has 88 valence electrons. The van der Waals surface area contributed by atoms with Gasteiger partial charge in [-0.25, -0.2) is 4.98 Å². The highest BCUT2D eigenvalue weighted by Crippen LogP contribution is 2.34. The molecule has 0 spiro atoms. The molecule has 0 amide bonds. The van der Waals surface area contributed by atoms with Crippen molar-refractivity contribution in [2.45, 2.75) is 24.5 Å². The lowest BCUT2D eigenvalue weighted by Crippen LogP contribution is -2.26. The van der Waals surface area contributed by atoms with Gasteiger partial charge in [0.25, 0.3) is 0 Å². The summed E-state index contributed by atoms with van der Waals surface area (Å²) in [5.41, 5.74) is 7.87. The van der Waals surface area contributed by atoms with Crippen molar-refractivity contribution in [1.29, 1.82) is 0 Å². The molecule has 3 N–H and O–H groups in total. The van der Waals surface area contributed by atoms with E-state index in [4.69, 9.17) is 10.5 Å². The number of nitrogens with two attached hydrogens (primary N) is 1. The van der Waals surface area contributed by atoms with Crippen LogP contribution in [0.1, 0.15) is 18.2 Å². The van der Waals surface area contributed by atoms with Crippen molar-refractivity contribution in [1.82, 2.24) is 9.97 Å². The van der Waals surface area contributed by atoms with Gasteiger partial charge in [-0.3, -0.25) is 0 Å². The molecule has 1 aliphatic heterocycles. The van der Waals surface area contributed by atoms with Crippen LogP contribution in [0.3, 0.4) is 0 Å². The number of anilines is 1. The molecule has 6 heteroatoms. The zero-order chi connectivity index (χ0) is 11.5. The Morgan fingerprint density at radius 1 is 1.50 bits per heavy atom. The van der Waals surface area contributed by atoms with E-state index < -0.39 is 0 Å². The van der Waals surface area contributed by atoms with Crippen LogP contribution >= 0.6 is 11.8 Å². The number of aromatic nitrogens is 2. The van der Waals surface area contributed by atoms with Gasteiger partial charge in [-0.2, -0.15) is 16.7 Å². The fourth-order valence-corrected chi connectivity index (χ4v) is 2.55. The number of thioether (sulfide) groups is 1. The summed E-state index contributed by atoms with van der Waals surface area (Å²) in [7, 11) is 1.64. The number of nitrogens with zero attached hydrogens (tertiary/aromatic N) is 2. The molecule has 0 fully saturated rings. The second-order valence-electron chi connectivity index (χ2n) is 3.83. The maximum absolute atomic E-state index is 5.67. The largest absolute Gasteiger partial charge is 0.481 e. The van der Waals surface area contributed by atoms with E-state index in [-0.39, 0.29) is 6.04 Å². The molecule has 1 atom stereocenters. The summed E-state index contributed by atoms with van der Waals surface area (Å²) < 4.78 is 5.27. The molecule has 16 heavy (non-hydrogen) atoms. The molecule has 1 unspecified atom stereocenters. The van der Waals surface area contributed by atoms with Crippen molar-refractivity contribution in [2.24, 2.45) is 5.73 Å². The Morgan fingerprint density at radius 3 is 3.00 bits per heavy atom. The van der Waals surface area contributed by atoms with Crippen LogP contribution in [-0.4, -0.2) is 29.7 Å². The maximum atomic E-state index is 5.67. The molecule has 1 aliphatic rings. The number of ether oxygens (including phenoxy) is 1. The molecule has 0 saturated carbocycles. The summed E-state index contributed by atoms with van der Waals surface area (Å²) >= 11 is 1.83. The smallest absolute Gasteiger partial charge is 0.226 e. The summed E-state index contributed by atoms with van der Waals surface area (Å²) in [4.78, 5) is 8.78. The highest BCUT2D eigenvalue weighted by atomic mass is 32.2. The van der Waals surface area contributed by atoms with Gasteiger partial charge in [-0.1, -0.05) is 0 Å². The molecule has 1 aromatic heterocycles. The van der Waals surface area contributed by atoms with Crippen LogP contribution in [-0.2, 0) is 11.5 Å². The van der Waals surface area contributed by atoms with Crippen LogP contribution in [0.15, 0.2) is 0 Å². The first-order valence-corrected chi connectivity index (χ1v) is 6.37. The van der Waals surface area contributed by atoms with Gasteiger partial charge in [0.1, 0.15) is 0 Å². The number of rotatable bonds is 4. The topological polar surface area (TPSA) is 73.1 Å². The molecule has 0 aromatic carbocycles. The number of hydrogen-bond donors (Lipinski definition) is 2.